The number of nitrogens with one attached hydrogen (secondary N) is 1. The van der Waals surface area contributed by atoms with E-state index >= 15 is 0 Å². The summed E-state index contributed by atoms with van der Waals surface area (Å²) in [6.45, 7) is 4.09. The first-order valence-corrected chi connectivity index (χ1v) is 5.89. The van der Waals surface area contributed by atoms with E-state index in [1.807, 2.05) is 24.9 Å². The molecule has 2 aromatic heterocycles. The highest BCUT2D eigenvalue weighted by molar-refractivity contribution is 7.71. The molecule has 0 saturated carbocycles. The third-order valence-electron chi connectivity index (χ3n) is 2.68. The first-order chi connectivity index (χ1) is 7.77. The number of aromatic amines is 1. The maximum Gasteiger partial charge on any atom is 0.177 e. The molecule has 2 aromatic rings. The highest BCUT2D eigenvalue weighted by Gasteiger charge is 1.98. The first-order valence-electron chi connectivity index (χ1n) is 5.48. The number of imidazole rings is 2. The number of aromatic nitrogens is 4. The molecule has 0 aliphatic heterocycles. The van der Waals surface area contributed by atoms with E-state index < -0.39 is 0 Å². The van der Waals surface area contributed by atoms with Crippen LogP contribution in [0, 0.1) is 11.7 Å². The van der Waals surface area contributed by atoms with Crippen LogP contribution >= 0.6 is 12.2 Å². The minimum absolute atomic E-state index is 0.820. The van der Waals surface area contributed by atoms with Gasteiger partial charge in [0, 0.05) is 37.4 Å². The number of hydrogen-bond donors (Lipinski definition) is 1. The molecule has 0 unspecified atom stereocenters. The normalized spacial score (nSPS) is 10.8. The SMILES string of the molecule is Cc1c[nH]c(=S)n1CCCCn1ccnc1. The van der Waals surface area contributed by atoms with E-state index in [2.05, 4.69) is 26.0 Å². The maximum atomic E-state index is 5.19. The van der Waals surface area contributed by atoms with Crippen LogP contribution in [0.25, 0.3) is 0 Å². The third-order valence-corrected chi connectivity index (χ3v) is 3.02. The monoisotopic (exact) mass is 236 g/mol. The van der Waals surface area contributed by atoms with Gasteiger partial charge in [0.05, 0.1) is 6.33 Å². The van der Waals surface area contributed by atoms with Crippen LogP contribution in [0.5, 0.6) is 0 Å². The highest BCUT2D eigenvalue weighted by Crippen LogP contribution is 2.04. The fourth-order valence-corrected chi connectivity index (χ4v) is 2.04. The van der Waals surface area contributed by atoms with Crippen LogP contribution in [0.4, 0.5) is 0 Å². The van der Waals surface area contributed by atoms with E-state index in [0.29, 0.717) is 0 Å². The lowest BCUT2D eigenvalue weighted by Crippen LogP contribution is -2.02. The molecule has 0 saturated heterocycles. The molecular formula is C11H16N4S. The molecule has 0 aliphatic carbocycles. The molecule has 0 aliphatic rings. The van der Waals surface area contributed by atoms with E-state index in [9.17, 15) is 0 Å². The minimum Gasteiger partial charge on any atom is -0.337 e. The van der Waals surface area contributed by atoms with Crippen molar-refractivity contribution < 1.29 is 0 Å². The van der Waals surface area contributed by atoms with E-state index in [1.54, 1.807) is 0 Å². The molecular weight excluding hydrogens is 220 g/mol. The van der Waals surface area contributed by atoms with Gasteiger partial charge in [0.2, 0.25) is 0 Å². The van der Waals surface area contributed by atoms with Gasteiger partial charge in [-0.05, 0) is 32.0 Å². The van der Waals surface area contributed by atoms with E-state index in [1.165, 1.54) is 5.69 Å². The van der Waals surface area contributed by atoms with Crippen molar-refractivity contribution in [3.05, 3.63) is 35.4 Å². The molecule has 0 aromatic carbocycles. The molecule has 86 valence electrons. The number of nitrogens with zero attached hydrogens (tertiary/aromatic N) is 3. The summed E-state index contributed by atoms with van der Waals surface area (Å²) >= 11 is 5.19. The van der Waals surface area contributed by atoms with Crippen LogP contribution < -0.4 is 0 Å². The Kier molecular flexibility index (Phi) is 3.56. The van der Waals surface area contributed by atoms with Crippen LogP contribution in [0.2, 0.25) is 0 Å². The van der Waals surface area contributed by atoms with Crippen molar-refractivity contribution >= 4 is 12.2 Å². The van der Waals surface area contributed by atoms with Gasteiger partial charge in [-0.25, -0.2) is 4.98 Å². The summed E-state index contributed by atoms with van der Waals surface area (Å²) in [6, 6.07) is 0. The Morgan fingerprint density at radius 1 is 1.38 bits per heavy atom. The summed E-state index contributed by atoms with van der Waals surface area (Å²) in [5.74, 6) is 0. The molecule has 0 fully saturated rings. The predicted molar refractivity (Wildman–Crippen MR) is 65.8 cm³/mol. The van der Waals surface area contributed by atoms with Gasteiger partial charge < -0.3 is 14.1 Å². The predicted octanol–water partition coefficient (Wildman–Crippen LogP) is 2.53. The lowest BCUT2D eigenvalue weighted by Gasteiger charge is -2.05. The average Bonchev–Trinajstić information content (AvgIpc) is 2.87. The molecule has 2 heterocycles. The van der Waals surface area contributed by atoms with Gasteiger partial charge in [0.25, 0.3) is 0 Å². The fourth-order valence-electron chi connectivity index (χ4n) is 1.74. The maximum absolute atomic E-state index is 5.19. The Morgan fingerprint density at radius 3 is 2.81 bits per heavy atom. The van der Waals surface area contributed by atoms with Crippen molar-refractivity contribution in [2.45, 2.75) is 32.9 Å². The van der Waals surface area contributed by atoms with Gasteiger partial charge in [-0.1, -0.05) is 0 Å². The van der Waals surface area contributed by atoms with Gasteiger partial charge in [-0.2, -0.15) is 0 Å². The fraction of sp³-hybridized carbons (Fsp3) is 0.455. The van der Waals surface area contributed by atoms with Crippen molar-refractivity contribution in [2.24, 2.45) is 0 Å². The molecule has 0 radical (unpaired) electrons. The number of rotatable bonds is 5. The lowest BCUT2D eigenvalue weighted by atomic mass is 10.3. The Hall–Kier alpha value is -1.36. The standard InChI is InChI=1S/C11H16N4S/c1-10-8-13-11(16)15(10)6-3-2-5-14-7-4-12-9-14/h4,7-9H,2-3,5-6H2,1H3,(H,13,16). The van der Waals surface area contributed by atoms with E-state index in [0.717, 1.165) is 30.7 Å². The first kappa shape index (κ1) is 11.1. The zero-order valence-electron chi connectivity index (χ0n) is 9.39. The van der Waals surface area contributed by atoms with Crippen molar-refractivity contribution in [1.29, 1.82) is 0 Å². The molecule has 0 amide bonds. The van der Waals surface area contributed by atoms with Gasteiger partial charge >= 0.3 is 0 Å². The summed E-state index contributed by atoms with van der Waals surface area (Å²) in [5, 5.41) is 0. The molecule has 1 N–H and O–H groups in total. The molecule has 0 spiro atoms. The van der Waals surface area contributed by atoms with Gasteiger partial charge in [0.15, 0.2) is 4.77 Å². The molecule has 16 heavy (non-hydrogen) atoms. The Bertz CT molecular complexity index is 480. The number of unbranched alkanes of at least 4 members (excludes halogenated alkanes) is 1. The molecule has 5 heteroatoms. The number of H-pyrrole nitrogens is 1. The third kappa shape index (κ3) is 2.61. The van der Waals surface area contributed by atoms with Crippen molar-refractivity contribution in [3.8, 4) is 0 Å². The Balaban J connectivity index is 1.78. The molecule has 0 bridgehead atoms. The average molecular weight is 236 g/mol. The van der Waals surface area contributed by atoms with Crippen LogP contribution in [0.3, 0.4) is 0 Å². The van der Waals surface area contributed by atoms with Crippen molar-refractivity contribution in [3.63, 3.8) is 0 Å². The van der Waals surface area contributed by atoms with Gasteiger partial charge in [-0.3, -0.25) is 0 Å². The quantitative estimate of drug-likeness (QED) is 0.640. The lowest BCUT2D eigenvalue weighted by molar-refractivity contribution is 0.544. The summed E-state index contributed by atoms with van der Waals surface area (Å²) in [6.07, 6.45) is 9.89. The molecule has 4 nitrogen and oxygen atoms in total. The summed E-state index contributed by atoms with van der Waals surface area (Å²) in [5.41, 5.74) is 1.20. The minimum atomic E-state index is 0.820. The van der Waals surface area contributed by atoms with E-state index in [-0.39, 0.29) is 0 Å². The summed E-state index contributed by atoms with van der Waals surface area (Å²) < 4.78 is 5.06. The smallest absolute Gasteiger partial charge is 0.177 e. The van der Waals surface area contributed by atoms with Gasteiger partial charge in [-0.15, -0.1) is 0 Å². The summed E-state index contributed by atoms with van der Waals surface area (Å²) in [7, 11) is 0. The Labute approximate surface area is 99.9 Å². The van der Waals surface area contributed by atoms with Crippen LogP contribution in [0.1, 0.15) is 18.5 Å². The van der Waals surface area contributed by atoms with Gasteiger partial charge in [0.1, 0.15) is 0 Å². The second kappa shape index (κ2) is 5.12. The van der Waals surface area contributed by atoms with Crippen LogP contribution in [-0.4, -0.2) is 19.1 Å². The molecule has 2 rings (SSSR count). The van der Waals surface area contributed by atoms with E-state index in [4.69, 9.17) is 12.2 Å². The molecule has 0 atom stereocenters. The number of aryl methyl sites for hydroxylation is 2. The largest absolute Gasteiger partial charge is 0.337 e. The Morgan fingerprint density at radius 2 is 2.19 bits per heavy atom. The summed E-state index contributed by atoms with van der Waals surface area (Å²) in [4.78, 5) is 7.07. The topological polar surface area (TPSA) is 38.5 Å². The van der Waals surface area contributed by atoms with Crippen molar-refractivity contribution in [2.75, 3.05) is 0 Å². The van der Waals surface area contributed by atoms with Crippen LogP contribution in [0.15, 0.2) is 24.9 Å². The highest BCUT2D eigenvalue weighted by atomic mass is 32.1. The zero-order chi connectivity index (χ0) is 11.4. The second-order valence-electron chi connectivity index (χ2n) is 3.89. The van der Waals surface area contributed by atoms with Crippen molar-refractivity contribution in [1.82, 2.24) is 19.1 Å². The number of hydrogen-bond acceptors (Lipinski definition) is 2. The van der Waals surface area contributed by atoms with Crippen LogP contribution in [-0.2, 0) is 13.1 Å². The second-order valence-corrected chi connectivity index (χ2v) is 4.28. The zero-order valence-corrected chi connectivity index (χ0v) is 10.2.